The van der Waals surface area contributed by atoms with Crippen LogP contribution in [-0.2, 0) is 0 Å². The summed E-state index contributed by atoms with van der Waals surface area (Å²) >= 11 is 6.72. The predicted molar refractivity (Wildman–Crippen MR) is 163 cm³/mol. The van der Waals surface area contributed by atoms with Crippen LogP contribution in [0, 0.1) is 16.7 Å². The molecule has 1 saturated carbocycles. The second kappa shape index (κ2) is 12.0. The molecule has 0 radical (unpaired) electrons. The van der Waals surface area contributed by atoms with Crippen LogP contribution in [0.4, 0.5) is 20.2 Å². The van der Waals surface area contributed by atoms with E-state index in [4.69, 9.17) is 11.6 Å². The minimum Gasteiger partial charge on any atom is -0.383 e. The van der Waals surface area contributed by atoms with Gasteiger partial charge in [0.25, 0.3) is 6.43 Å². The van der Waals surface area contributed by atoms with Crippen molar-refractivity contribution in [2.75, 3.05) is 17.2 Å². The standard InChI is InChI=1S/C30H37ClF2N8/c1-7-11-35-23(8-2)18(3)25(24-16-41(40-39-24)30(9-10-30)28(32)33)38-20-12-21-26(37-17-29(4,5)6)19(14-34)15-36-27(21)22(31)13-20/h7,11-13,15-16,25,28,38-40H,3,8-10,17H2,1-2,4-6H3,(H,36,37)/b11-7-,35-23?/t25-/m0/s1. The molecule has 2 aromatic rings. The van der Waals surface area contributed by atoms with Crippen LogP contribution >= 0.6 is 11.6 Å². The number of benzene rings is 1. The molecule has 1 atom stereocenters. The maximum absolute atomic E-state index is 13.9. The van der Waals surface area contributed by atoms with Gasteiger partial charge in [0.1, 0.15) is 11.6 Å². The van der Waals surface area contributed by atoms with Gasteiger partial charge in [0, 0.05) is 41.9 Å². The molecule has 1 aromatic carbocycles. The van der Waals surface area contributed by atoms with Gasteiger partial charge in [-0.15, -0.1) is 5.53 Å². The summed E-state index contributed by atoms with van der Waals surface area (Å²) in [5, 5.41) is 19.3. The molecule has 0 unspecified atom stereocenters. The number of allylic oxidation sites excluding steroid dienone is 1. The van der Waals surface area contributed by atoms with E-state index in [0.29, 0.717) is 69.9 Å². The van der Waals surface area contributed by atoms with E-state index < -0.39 is 18.0 Å². The zero-order valence-corrected chi connectivity index (χ0v) is 24.8. The van der Waals surface area contributed by atoms with Gasteiger partial charge in [-0.1, -0.05) is 52.0 Å². The molecular weight excluding hydrogens is 546 g/mol. The highest BCUT2D eigenvalue weighted by Crippen LogP contribution is 2.47. The Bertz CT molecular complexity index is 1450. The summed E-state index contributed by atoms with van der Waals surface area (Å²) in [5.74, 6) is 0. The van der Waals surface area contributed by atoms with Crippen LogP contribution < -0.4 is 21.6 Å². The topological polar surface area (TPSA) is 100 Å². The van der Waals surface area contributed by atoms with E-state index >= 15 is 0 Å². The third kappa shape index (κ3) is 6.47. The number of hydrazine groups is 2. The first-order valence-electron chi connectivity index (χ1n) is 13.6. The number of anilines is 2. The van der Waals surface area contributed by atoms with Gasteiger partial charge in [-0.05, 0) is 49.3 Å². The molecule has 0 amide bonds. The largest absolute Gasteiger partial charge is 0.383 e. The van der Waals surface area contributed by atoms with Gasteiger partial charge in [-0.3, -0.25) is 15.0 Å². The van der Waals surface area contributed by atoms with E-state index in [1.807, 2.05) is 26.0 Å². The van der Waals surface area contributed by atoms with E-state index in [0.717, 1.165) is 5.71 Å². The lowest BCUT2D eigenvalue weighted by molar-refractivity contribution is 0.00912. The van der Waals surface area contributed by atoms with Crippen molar-refractivity contribution in [1.29, 1.82) is 5.26 Å². The number of hydrogen-bond donors (Lipinski definition) is 4. The quantitative estimate of drug-likeness (QED) is 0.214. The summed E-state index contributed by atoms with van der Waals surface area (Å²) < 4.78 is 27.7. The van der Waals surface area contributed by atoms with Crippen molar-refractivity contribution in [2.24, 2.45) is 10.4 Å². The number of aromatic nitrogens is 1. The van der Waals surface area contributed by atoms with E-state index in [1.165, 1.54) is 11.2 Å². The molecule has 11 heteroatoms. The third-order valence-corrected chi connectivity index (χ3v) is 7.42. The average Bonchev–Trinajstić information content (AvgIpc) is 3.60. The molecule has 2 aliphatic rings. The third-order valence-electron chi connectivity index (χ3n) is 7.13. The molecule has 41 heavy (non-hydrogen) atoms. The minimum absolute atomic E-state index is 0.0374. The Balaban J connectivity index is 1.78. The number of fused-ring (bicyclic) bond motifs is 1. The summed E-state index contributed by atoms with van der Waals surface area (Å²) in [6.45, 7) is 15.1. The summed E-state index contributed by atoms with van der Waals surface area (Å²) in [4.78, 5) is 9.01. The second-order valence-electron chi connectivity index (χ2n) is 11.5. The highest BCUT2D eigenvalue weighted by atomic mass is 35.5. The molecule has 218 valence electrons. The summed E-state index contributed by atoms with van der Waals surface area (Å²) in [6.07, 6.45) is 5.62. The summed E-state index contributed by atoms with van der Waals surface area (Å²) in [5.41, 5.74) is 8.99. The monoisotopic (exact) mass is 582 g/mol. The number of pyridine rings is 1. The molecule has 0 saturated heterocycles. The molecule has 1 aliphatic heterocycles. The maximum Gasteiger partial charge on any atom is 0.262 e. The normalized spacial score (nSPS) is 17.4. The second-order valence-corrected chi connectivity index (χ2v) is 11.9. The fraction of sp³-hybridized carbons (Fsp3) is 0.433. The van der Waals surface area contributed by atoms with E-state index in [-0.39, 0.29) is 5.41 Å². The predicted octanol–water partition coefficient (Wildman–Crippen LogP) is 6.90. The van der Waals surface area contributed by atoms with Gasteiger partial charge >= 0.3 is 0 Å². The van der Waals surface area contributed by atoms with Crippen LogP contribution in [-0.4, -0.2) is 40.3 Å². The van der Waals surface area contributed by atoms with Crippen molar-refractivity contribution >= 4 is 39.6 Å². The Morgan fingerprint density at radius 1 is 1.37 bits per heavy atom. The van der Waals surface area contributed by atoms with Crippen LogP contribution in [0.3, 0.4) is 0 Å². The van der Waals surface area contributed by atoms with Crippen molar-refractivity contribution in [3.8, 4) is 6.07 Å². The van der Waals surface area contributed by atoms with Crippen molar-refractivity contribution < 1.29 is 8.78 Å². The van der Waals surface area contributed by atoms with Crippen LogP contribution in [0.2, 0.25) is 5.02 Å². The first-order valence-corrected chi connectivity index (χ1v) is 14.0. The van der Waals surface area contributed by atoms with E-state index in [9.17, 15) is 14.0 Å². The van der Waals surface area contributed by atoms with Gasteiger partial charge in [-0.2, -0.15) is 5.26 Å². The number of nitriles is 1. The van der Waals surface area contributed by atoms with Crippen LogP contribution in [0.15, 0.2) is 59.6 Å². The Kier molecular flexibility index (Phi) is 8.90. The Labute approximate surface area is 245 Å². The molecule has 2 heterocycles. The van der Waals surface area contributed by atoms with Gasteiger partial charge in [0.15, 0.2) is 0 Å². The SMILES string of the molecule is C=C(C(CC)=N/C=C\C)[C@H](Nc1cc(Cl)c2ncc(C#N)c(NCC(C)(C)C)c2c1)C1=CN(C2(C(F)F)CC2)NN1. The van der Waals surface area contributed by atoms with E-state index in [2.05, 4.69) is 65.0 Å². The number of nitrogens with zero attached hydrogens (tertiary/aromatic N) is 4. The minimum atomic E-state index is -2.50. The average molecular weight is 583 g/mol. The number of nitrogens with one attached hydrogen (secondary N) is 4. The fourth-order valence-corrected chi connectivity index (χ4v) is 4.90. The molecule has 1 aliphatic carbocycles. The molecule has 1 fully saturated rings. The Hall–Kier alpha value is -3.68. The first-order chi connectivity index (χ1) is 19.4. The lowest BCUT2D eigenvalue weighted by Crippen LogP contribution is -2.48. The first kappa shape index (κ1) is 30.3. The van der Waals surface area contributed by atoms with Gasteiger partial charge in [0.05, 0.1) is 33.5 Å². The van der Waals surface area contributed by atoms with Crippen molar-refractivity contribution in [3.63, 3.8) is 0 Å². The van der Waals surface area contributed by atoms with Gasteiger partial charge < -0.3 is 16.1 Å². The van der Waals surface area contributed by atoms with Crippen LogP contribution in [0.1, 0.15) is 59.4 Å². The number of hydrogen-bond acceptors (Lipinski definition) is 8. The van der Waals surface area contributed by atoms with Crippen LogP contribution in [0.25, 0.3) is 10.9 Å². The summed E-state index contributed by atoms with van der Waals surface area (Å²) in [6, 6.07) is 5.31. The van der Waals surface area contributed by atoms with Crippen molar-refractivity contribution in [2.45, 2.75) is 71.9 Å². The van der Waals surface area contributed by atoms with Crippen molar-refractivity contribution in [3.05, 3.63) is 65.2 Å². The lowest BCUT2D eigenvalue weighted by Gasteiger charge is -2.25. The fourth-order valence-electron chi connectivity index (χ4n) is 4.63. The lowest BCUT2D eigenvalue weighted by atomic mass is 9.96. The maximum atomic E-state index is 13.9. The number of halogens is 3. The molecule has 4 rings (SSSR count). The van der Waals surface area contributed by atoms with Gasteiger partial charge in [-0.25, -0.2) is 8.78 Å². The smallest absolute Gasteiger partial charge is 0.262 e. The molecular formula is C30H37ClF2N8. The molecule has 8 nitrogen and oxygen atoms in total. The molecule has 1 aromatic heterocycles. The highest BCUT2D eigenvalue weighted by molar-refractivity contribution is 6.35. The van der Waals surface area contributed by atoms with Crippen molar-refractivity contribution in [1.82, 2.24) is 21.0 Å². The number of aliphatic imine (C=N–C) groups is 1. The van der Waals surface area contributed by atoms with E-state index in [1.54, 1.807) is 18.5 Å². The number of rotatable bonds is 11. The zero-order valence-electron chi connectivity index (χ0n) is 24.1. The van der Waals surface area contributed by atoms with Crippen LogP contribution in [0.5, 0.6) is 0 Å². The molecule has 0 bridgehead atoms. The zero-order chi connectivity index (χ0) is 29.9. The molecule has 4 N–H and O–H groups in total. The summed E-state index contributed by atoms with van der Waals surface area (Å²) in [7, 11) is 0. The Morgan fingerprint density at radius 3 is 2.68 bits per heavy atom. The Morgan fingerprint density at radius 2 is 2.10 bits per heavy atom. The number of alkyl halides is 2. The van der Waals surface area contributed by atoms with Gasteiger partial charge in [0.2, 0.25) is 0 Å². The molecule has 0 spiro atoms. The highest BCUT2D eigenvalue weighted by Gasteiger charge is 2.56.